The first-order chi connectivity index (χ1) is 10.3. The smallest absolute Gasteiger partial charge is 0.307 e. The molecule has 6 nitrogen and oxygen atoms in total. The van der Waals surface area contributed by atoms with Gasteiger partial charge in [0.1, 0.15) is 0 Å². The second kappa shape index (κ2) is 8.71. The van der Waals surface area contributed by atoms with Crippen molar-refractivity contribution < 1.29 is 29.3 Å². The van der Waals surface area contributed by atoms with E-state index in [1.807, 2.05) is 30.3 Å². The molecule has 0 spiro atoms. The average molecular weight is 328 g/mol. The van der Waals surface area contributed by atoms with E-state index in [1.54, 1.807) is 0 Å². The van der Waals surface area contributed by atoms with Crippen LogP contribution in [0, 0.1) is 5.92 Å². The molecule has 0 amide bonds. The fourth-order valence-corrected chi connectivity index (χ4v) is 4.06. The van der Waals surface area contributed by atoms with Crippen molar-refractivity contribution >= 4 is 19.3 Å². The molecule has 0 saturated heterocycles. The maximum Gasteiger partial charge on any atom is 0.307 e. The minimum Gasteiger partial charge on any atom is -0.481 e. The van der Waals surface area contributed by atoms with Crippen LogP contribution in [0.1, 0.15) is 24.8 Å². The summed E-state index contributed by atoms with van der Waals surface area (Å²) in [7, 11) is -3.57. The van der Waals surface area contributed by atoms with Gasteiger partial charge in [0, 0.05) is 18.7 Å². The monoisotopic (exact) mass is 328 g/mol. The second-order valence-corrected chi connectivity index (χ2v) is 7.81. The lowest BCUT2D eigenvalue weighted by atomic mass is 10.1. The number of aryl methyl sites for hydroxylation is 1. The Balaban J connectivity index is 2.47. The van der Waals surface area contributed by atoms with Crippen LogP contribution in [0.5, 0.6) is 0 Å². The fourth-order valence-electron chi connectivity index (χ4n) is 2.20. The van der Waals surface area contributed by atoms with Crippen LogP contribution in [0.2, 0.25) is 0 Å². The van der Waals surface area contributed by atoms with Crippen molar-refractivity contribution in [2.75, 3.05) is 12.3 Å². The van der Waals surface area contributed by atoms with Gasteiger partial charge in [-0.05, 0) is 24.8 Å². The zero-order valence-corrected chi connectivity index (χ0v) is 13.1. The van der Waals surface area contributed by atoms with Gasteiger partial charge < -0.3 is 15.1 Å². The number of carboxylic acids is 2. The van der Waals surface area contributed by atoms with Gasteiger partial charge in [-0.25, -0.2) is 0 Å². The lowest BCUT2D eigenvalue weighted by Crippen LogP contribution is -2.20. The summed E-state index contributed by atoms with van der Waals surface area (Å²) >= 11 is 0. The number of benzene rings is 1. The topological polar surface area (TPSA) is 112 Å². The van der Waals surface area contributed by atoms with Crippen molar-refractivity contribution in [1.29, 1.82) is 0 Å². The van der Waals surface area contributed by atoms with Crippen LogP contribution in [0.3, 0.4) is 0 Å². The largest absolute Gasteiger partial charge is 0.481 e. The van der Waals surface area contributed by atoms with E-state index in [9.17, 15) is 19.0 Å². The van der Waals surface area contributed by atoms with Crippen molar-refractivity contribution in [3.8, 4) is 0 Å². The molecule has 1 aromatic rings. The molecule has 0 radical (unpaired) electrons. The summed E-state index contributed by atoms with van der Waals surface area (Å²) in [6.07, 6.45) is 0.360. The van der Waals surface area contributed by atoms with E-state index >= 15 is 0 Å². The molecule has 3 N–H and O–H groups in total. The highest BCUT2D eigenvalue weighted by molar-refractivity contribution is 7.58. The Hall–Kier alpha value is -1.65. The van der Waals surface area contributed by atoms with Crippen LogP contribution in [-0.4, -0.2) is 39.4 Å². The van der Waals surface area contributed by atoms with Crippen LogP contribution in [0.25, 0.3) is 0 Å². The third-order valence-corrected chi connectivity index (χ3v) is 5.40. The second-order valence-electron chi connectivity index (χ2n) is 5.31. The van der Waals surface area contributed by atoms with Gasteiger partial charge in [-0.3, -0.25) is 14.2 Å². The molecule has 0 heterocycles. The van der Waals surface area contributed by atoms with Crippen LogP contribution in [0.4, 0.5) is 0 Å². The molecular weight excluding hydrogens is 307 g/mol. The highest BCUT2D eigenvalue weighted by Gasteiger charge is 2.28. The van der Waals surface area contributed by atoms with Gasteiger partial charge in [0.2, 0.25) is 7.37 Å². The number of hydrogen-bond acceptors (Lipinski definition) is 3. The summed E-state index contributed by atoms with van der Waals surface area (Å²) < 4.78 is 12.1. The van der Waals surface area contributed by atoms with Crippen molar-refractivity contribution in [1.82, 2.24) is 0 Å². The Morgan fingerprint density at radius 1 is 1.14 bits per heavy atom. The molecule has 7 heteroatoms. The van der Waals surface area contributed by atoms with Crippen LogP contribution < -0.4 is 0 Å². The summed E-state index contributed by atoms with van der Waals surface area (Å²) in [5.41, 5.74) is 1.06. The van der Waals surface area contributed by atoms with Crippen LogP contribution >= 0.6 is 7.37 Å². The normalized spacial score (nSPS) is 15.0. The summed E-state index contributed by atoms with van der Waals surface area (Å²) in [5.74, 6) is -3.43. The Bertz CT molecular complexity index is 542. The molecular formula is C15H21O6P. The minimum atomic E-state index is -3.57. The lowest BCUT2D eigenvalue weighted by Gasteiger charge is -2.16. The number of carboxylic acid groups (broad SMARTS) is 2. The van der Waals surface area contributed by atoms with E-state index in [4.69, 9.17) is 10.2 Å². The fraction of sp³-hybridized carbons (Fsp3) is 0.467. The zero-order chi connectivity index (χ0) is 16.6. The minimum absolute atomic E-state index is 0.0404. The number of carbonyl (C=O) groups is 2. The molecule has 22 heavy (non-hydrogen) atoms. The predicted octanol–water partition coefficient (Wildman–Crippen LogP) is 2.46. The molecule has 0 aromatic heterocycles. The maximum absolute atomic E-state index is 12.1. The third-order valence-electron chi connectivity index (χ3n) is 3.38. The maximum atomic E-state index is 12.1. The van der Waals surface area contributed by atoms with E-state index in [-0.39, 0.29) is 25.2 Å². The van der Waals surface area contributed by atoms with Gasteiger partial charge in [0.05, 0.1) is 5.92 Å². The standard InChI is InChI=1S/C15H21O6P/c16-14(17)9-8-13(15(18)19)11-22(20,21)10-4-7-12-5-2-1-3-6-12/h1-3,5-6,13H,4,7-11H2,(H,16,17)(H,18,19)(H,20,21). The van der Waals surface area contributed by atoms with Gasteiger partial charge >= 0.3 is 11.9 Å². The average Bonchev–Trinajstić information content (AvgIpc) is 2.44. The first-order valence-corrected chi connectivity index (χ1v) is 9.12. The number of hydrogen-bond donors (Lipinski definition) is 3. The summed E-state index contributed by atoms with van der Waals surface area (Å²) in [6, 6.07) is 9.52. The van der Waals surface area contributed by atoms with Gasteiger partial charge in [-0.1, -0.05) is 30.3 Å². The van der Waals surface area contributed by atoms with Gasteiger partial charge in [0.25, 0.3) is 0 Å². The van der Waals surface area contributed by atoms with Crippen molar-refractivity contribution in [3.63, 3.8) is 0 Å². The number of rotatable bonds is 10. The third kappa shape index (κ3) is 7.38. The molecule has 0 aliphatic carbocycles. The van der Waals surface area contributed by atoms with E-state index in [2.05, 4.69) is 0 Å². The van der Waals surface area contributed by atoms with E-state index in [0.717, 1.165) is 5.56 Å². The van der Waals surface area contributed by atoms with E-state index in [1.165, 1.54) is 0 Å². The van der Waals surface area contributed by atoms with Gasteiger partial charge in [0.15, 0.2) is 0 Å². The first-order valence-electron chi connectivity index (χ1n) is 7.09. The molecule has 0 fully saturated rings. The van der Waals surface area contributed by atoms with E-state index in [0.29, 0.717) is 12.8 Å². The molecule has 122 valence electrons. The Morgan fingerprint density at radius 3 is 2.32 bits per heavy atom. The van der Waals surface area contributed by atoms with Gasteiger partial charge in [-0.2, -0.15) is 0 Å². The summed E-state index contributed by atoms with van der Waals surface area (Å²) in [4.78, 5) is 31.5. The van der Waals surface area contributed by atoms with Crippen LogP contribution in [-0.2, 0) is 20.6 Å². The molecule has 0 aliphatic heterocycles. The first kappa shape index (κ1) is 18.4. The Labute approximate surface area is 129 Å². The molecule has 1 rings (SSSR count). The molecule has 1 aromatic carbocycles. The quantitative estimate of drug-likeness (QED) is 0.569. The molecule has 2 unspecified atom stereocenters. The summed E-state index contributed by atoms with van der Waals surface area (Å²) in [6.45, 7) is 0. The lowest BCUT2D eigenvalue weighted by molar-refractivity contribution is -0.142. The summed E-state index contributed by atoms with van der Waals surface area (Å²) in [5, 5.41) is 17.6. The van der Waals surface area contributed by atoms with Crippen molar-refractivity contribution in [2.45, 2.75) is 25.7 Å². The Kier molecular flexibility index (Phi) is 7.28. The molecule has 0 bridgehead atoms. The van der Waals surface area contributed by atoms with Crippen molar-refractivity contribution in [3.05, 3.63) is 35.9 Å². The van der Waals surface area contributed by atoms with Gasteiger partial charge in [-0.15, -0.1) is 0 Å². The zero-order valence-electron chi connectivity index (χ0n) is 12.2. The Morgan fingerprint density at radius 2 is 1.77 bits per heavy atom. The molecule has 0 saturated carbocycles. The van der Waals surface area contributed by atoms with Crippen molar-refractivity contribution in [2.24, 2.45) is 5.92 Å². The molecule has 0 aliphatic rings. The SMILES string of the molecule is O=C(O)CCC(CP(=O)(O)CCCc1ccccc1)C(=O)O. The highest BCUT2D eigenvalue weighted by Crippen LogP contribution is 2.44. The molecule has 2 atom stereocenters. The van der Waals surface area contributed by atoms with Crippen LogP contribution in [0.15, 0.2) is 30.3 Å². The van der Waals surface area contributed by atoms with E-state index < -0.39 is 25.2 Å². The predicted molar refractivity (Wildman–Crippen MR) is 82.3 cm³/mol. The highest BCUT2D eigenvalue weighted by atomic mass is 31.2. The number of aliphatic carboxylic acids is 2.